The van der Waals surface area contributed by atoms with E-state index in [4.69, 9.17) is 4.42 Å². The molecule has 0 aliphatic heterocycles. The van der Waals surface area contributed by atoms with Crippen LogP contribution in [0.25, 0.3) is 11.5 Å². The van der Waals surface area contributed by atoms with Crippen molar-refractivity contribution in [3.05, 3.63) is 41.8 Å². The minimum absolute atomic E-state index is 0.140. The molecule has 126 valence electrons. The van der Waals surface area contributed by atoms with Crippen LogP contribution in [0.5, 0.6) is 0 Å². The standard InChI is InChI=1S/C14H16N6O3S/c1-9-13(10(2)18-17-9)24(21,22)16-7-5-12-19-20-14(23-12)11-4-3-6-15-8-11/h3-4,6,8,16H,5,7H2,1-2H3,(H,17,18). The average molecular weight is 348 g/mol. The van der Waals surface area contributed by atoms with Crippen LogP contribution in [-0.2, 0) is 16.4 Å². The van der Waals surface area contributed by atoms with Crippen LogP contribution in [0.3, 0.4) is 0 Å². The van der Waals surface area contributed by atoms with Crippen molar-refractivity contribution < 1.29 is 12.8 Å². The van der Waals surface area contributed by atoms with Gasteiger partial charge in [0.1, 0.15) is 4.90 Å². The fraction of sp³-hybridized carbons (Fsp3) is 0.286. The van der Waals surface area contributed by atoms with Gasteiger partial charge in [0.2, 0.25) is 21.8 Å². The quantitative estimate of drug-likeness (QED) is 0.680. The van der Waals surface area contributed by atoms with Crippen LogP contribution in [-0.4, -0.2) is 40.3 Å². The van der Waals surface area contributed by atoms with Gasteiger partial charge in [-0.3, -0.25) is 10.1 Å². The minimum Gasteiger partial charge on any atom is -0.421 e. The highest BCUT2D eigenvalue weighted by atomic mass is 32.2. The van der Waals surface area contributed by atoms with E-state index in [-0.39, 0.29) is 17.9 Å². The predicted octanol–water partition coefficient (Wildman–Crippen LogP) is 0.993. The monoisotopic (exact) mass is 348 g/mol. The van der Waals surface area contributed by atoms with Crippen molar-refractivity contribution in [3.8, 4) is 11.5 Å². The zero-order valence-corrected chi connectivity index (χ0v) is 14.0. The molecule has 10 heteroatoms. The van der Waals surface area contributed by atoms with E-state index >= 15 is 0 Å². The third kappa shape index (κ3) is 3.34. The molecular weight excluding hydrogens is 332 g/mol. The van der Waals surface area contributed by atoms with Crippen LogP contribution in [0.2, 0.25) is 0 Å². The zero-order chi connectivity index (χ0) is 17.2. The molecule has 0 unspecified atom stereocenters. The van der Waals surface area contributed by atoms with Crippen LogP contribution >= 0.6 is 0 Å². The third-order valence-electron chi connectivity index (χ3n) is 3.34. The first kappa shape index (κ1) is 16.3. The summed E-state index contributed by atoms with van der Waals surface area (Å²) in [6.07, 6.45) is 3.54. The van der Waals surface area contributed by atoms with Gasteiger partial charge in [-0.05, 0) is 26.0 Å². The van der Waals surface area contributed by atoms with Gasteiger partial charge in [0.15, 0.2) is 0 Å². The van der Waals surface area contributed by atoms with Gasteiger partial charge in [-0.15, -0.1) is 10.2 Å². The lowest BCUT2D eigenvalue weighted by Gasteiger charge is -2.05. The molecule has 0 radical (unpaired) electrons. The number of nitrogens with zero attached hydrogens (tertiary/aromatic N) is 4. The van der Waals surface area contributed by atoms with E-state index in [1.807, 2.05) is 0 Å². The molecule has 2 N–H and O–H groups in total. The molecule has 0 bridgehead atoms. The van der Waals surface area contributed by atoms with Gasteiger partial charge in [-0.25, -0.2) is 13.1 Å². The van der Waals surface area contributed by atoms with Gasteiger partial charge in [0.25, 0.3) is 0 Å². The van der Waals surface area contributed by atoms with Gasteiger partial charge < -0.3 is 4.42 Å². The SMILES string of the molecule is Cc1n[nH]c(C)c1S(=O)(=O)NCCc1nnc(-c2cccnc2)o1. The minimum atomic E-state index is -3.64. The summed E-state index contributed by atoms with van der Waals surface area (Å²) in [6.45, 7) is 3.43. The number of H-pyrrole nitrogens is 1. The molecule has 3 heterocycles. The van der Waals surface area contributed by atoms with E-state index < -0.39 is 10.0 Å². The summed E-state index contributed by atoms with van der Waals surface area (Å²) < 4.78 is 32.6. The molecule has 0 spiro atoms. The van der Waals surface area contributed by atoms with Gasteiger partial charge in [0, 0.05) is 25.4 Å². The van der Waals surface area contributed by atoms with Crippen molar-refractivity contribution in [2.24, 2.45) is 0 Å². The number of hydrogen-bond acceptors (Lipinski definition) is 7. The zero-order valence-electron chi connectivity index (χ0n) is 13.1. The Morgan fingerprint density at radius 3 is 2.79 bits per heavy atom. The first-order chi connectivity index (χ1) is 11.5. The fourth-order valence-corrected chi connectivity index (χ4v) is 3.66. The molecule has 0 saturated carbocycles. The topological polar surface area (TPSA) is 127 Å². The lowest BCUT2D eigenvalue weighted by atomic mass is 10.3. The van der Waals surface area contributed by atoms with E-state index in [2.05, 4.69) is 30.1 Å². The van der Waals surface area contributed by atoms with E-state index in [0.717, 1.165) is 0 Å². The van der Waals surface area contributed by atoms with E-state index in [1.54, 1.807) is 38.4 Å². The highest BCUT2D eigenvalue weighted by molar-refractivity contribution is 7.89. The number of aryl methyl sites for hydroxylation is 2. The van der Waals surface area contributed by atoms with Crippen LogP contribution in [0, 0.1) is 13.8 Å². The number of sulfonamides is 1. The second-order valence-electron chi connectivity index (χ2n) is 5.15. The van der Waals surface area contributed by atoms with Gasteiger partial charge >= 0.3 is 0 Å². The molecule has 0 aromatic carbocycles. The van der Waals surface area contributed by atoms with Crippen LogP contribution in [0.15, 0.2) is 33.8 Å². The predicted molar refractivity (Wildman–Crippen MR) is 84.5 cm³/mol. The van der Waals surface area contributed by atoms with Gasteiger partial charge in [-0.2, -0.15) is 5.10 Å². The Hall–Kier alpha value is -2.59. The largest absolute Gasteiger partial charge is 0.421 e. The fourth-order valence-electron chi connectivity index (χ4n) is 2.26. The van der Waals surface area contributed by atoms with Gasteiger partial charge in [0.05, 0.1) is 17.0 Å². The van der Waals surface area contributed by atoms with Crippen LogP contribution < -0.4 is 4.72 Å². The molecule has 3 rings (SSSR count). The second-order valence-corrected chi connectivity index (χ2v) is 6.86. The Morgan fingerprint density at radius 2 is 2.12 bits per heavy atom. The molecule has 0 fully saturated rings. The number of pyridine rings is 1. The lowest BCUT2D eigenvalue weighted by Crippen LogP contribution is -2.27. The van der Waals surface area contributed by atoms with Crippen molar-refractivity contribution in [2.45, 2.75) is 25.2 Å². The number of aromatic nitrogens is 5. The summed E-state index contributed by atoms with van der Waals surface area (Å²) in [5.41, 5.74) is 1.63. The molecule has 3 aromatic rings. The molecule has 3 aromatic heterocycles. The third-order valence-corrected chi connectivity index (χ3v) is 5.06. The Bertz CT molecular complexity index is 913. The summed E-state index contributed by atoms with van der Waals surface area (Å²) >= 11 is 0. The Labute approximate surface area is 138 Å². The van der Waals surface area contributed by atoms with E-state index in [9.17, 15) is 8.42 Å². The summed E-state index contributed by atoms with van der Waals surface area (Å²) in [5, 5.41) is 14.4. The molecule has 0 aliphatic rings. The maximum Gasteiger partial charge on any atom is 0.249 e. The maximum absolute atomic E-state index is 12.3. The highest BCUT2D eigenvalue weighted by Crippen LogP contribution is 2.17. The van der Waals surface area contributed by atoms with Crippen molar-refractivity contribution in [1.29, 1.82) is 0 Å². The summed E-state index contributed by atoms with van der Waals surface area (Å²) in [7, 11) is -3.64. The Morgan fingerprint density at radius 1 is 1.29 bits per heavy atom. The smallest absolute Gasteiger partial charge is 0.249 e. The normalized spacial score (nSPS) is 11.8. The molecule has 0 atom stereocenters. The molecular formula is C14H16N6O3S. The second kappa shape index (κ2) is 6.49. The van der Waals surface area contributed by atoms with Crippen LogP contribution in [0.1, 0.15) is 17.3 Å². The number of aromatic amines is 1. The first-order valence-corrected chi connectivity index (χ1v) is 8.69. The van der Waals surface area contributed by atoms with Crippen molar-refractivity contribution >= 4 is 10.0 Å². The maximum atomic E-state index is 12.3. The average Bonchev–Trinajstić information content (AvgIpc) is 3.15. The first-order valence-electron chi connectivity index (χ1n) is 7.21. The van der Waals surface area contributed by atoms with Crippen LogP contribution in [0.4, 0.5) is 0 Å². The van der Waals surface area contributed by atoms with E-state index in [1.165, 1.54) is 0 Å². The van der Waals surface area contributed by atoms with Crippen molar-refractivity contribution in [2.75, 3.05) is 6.54 Å². The summed E-state index contributed by atoms with van der Waals surface area (Å²) in [4.78, 5) is 4.15. The van der Waals surface area contributed by atoms with Gasteiger partial charge in [-0.1, -0.05) is 0 Å². The van der Waals surface area contributed by atoms with Crippen molar-refractivity contribution in [1.82, 2.24) is 30.1 Å². The molecule has 24 heavy (non-hydrogen) atoms. The van der Waals surface area contributed by atoms with E-state index in [0.29, 0.717) is 28.7 Å². The summed E-state index contributed by atoms with van der Waals surface area (Å²) in [6, 6.07) is 3.57. The lowest BCUT2D eigenvalue weighted by molar-refractivity contribution is 0.501. The molecule has 0 amide bonds. The molecule has 0 aliphatic carbocycles. The highest BCUT2D eigenvalue weighted by Gasteiger charge is 2.22. The molecule has 9 nitrogen and oxygen atoms in total. The number of rotatable bonds is 6. The number of nitrogens with one attached hydrogen (secondary N) is 2. The summed E-state index contributed by atoms with van der Waals surface area (Å²) in [5.74, 6) is 0.694. The Kier molecular flexibility index (Phi) is 4.40. The number of hydrogen-bond donors (Lipinski definition) is 2. The molecule has 0 saturated heterocycles. The Balaban J connectivity index is 1.64. The van der Waals surface area contributed by atoms with Crippen molar-refractivity contribution in [3.63, 3.8) is 0 Å².